The first-order chi connectivity index (χ1) is 16.3. The molecule has 0 unspecified atom stereocenters. The lowest BCUT2D eigenvalue weighted by atomic mass is 9.90. The highest BCUT2D eigenvalue weighted by Gasteiger charge is 2.30. The Morgan fingerprint density at radius 2 is 1.79 bits per heavy atom. The van der Waals surface area contributed by atoms with Crippen molar-refractivity contribution in [2.75, 3.05) is 11.5 Å². The predicted molar refractivity (Wildman–Crippen MR) is 131 cm³/mol. The van der Waals surface area contributed by atoms with Gasteiger partial charge in [-0.15, -0.1) is 0 Å². The first-order valence-corrected chi connectivity index (χ1v) is 13.3. The molecule has 3 heterocycles. The number of amides is 1. The fourth-order valence-corrected chi connectivity index (χ4v) is 6.21. The largest absolute Gasteiger partial charge is 0.383 e. The van der Waals surface area contributed by atoms with Crippen LogP contribution in [0, 0.1) is 11.7 Å². The van der Waals surface area contributed by atoms with Gasteiger partial charge in [-0.2, -0.15) is 11.8 Å². The van der Waals surface area contributed by atoms with Gasteiger partial charge in [0.1, 0.15) is 17.6 Å². The van der Waals surface area contributed by atoms with Crippen molar-refractivity contribution in [1.29, 1.82) is 0 Å². The minimum absolute atomic E-state index is 0.0702. The molecule has 2 aromatic rings. The van der Waals surface area contributed by atoms with Gasteiger partial charge >= 0.3 is 5.69 Å². The van der Waals surface area contributed by atoms with E-state index in [1.807, 2.05) is 25.6 Å². The van der Waals surface area contributed by atoms with Crippen LogP contribution < -0.4 is 16.6 Å². The van der Waals surface area contributed by atoms with E-state index in [9.17, 15) is 23.9 Å². The molecule has 1 saturated carbocycles. The lowest BCUT2D eigenvalue weighted by molar-refractivity contribution is -0.131. The molecule has 186 valence electrons. The number of fused-ring (bicyclic) bond motifs is 1. The van der Waals surface area contributed by atoms with Gasteiger partial charge in [0.25, 0.3) is 5.56 Å². The van der Waals surface area contributed by atoms with Crippen molar-refractivity contribution >= 4 is 28.7 Å². The van der Waals surface area contributed by atoms with Crippen LogP contribution in [0.5, 0.6) is 0 Å². The summed E-state index contributed by atoms with van der Waals surface area (Å²) < 4.78 is 16.9. The summed E-state index contributed by atoms with van der Waals surface area (Å²) in [5.41, 5.74) is -0.633. The standard InChI is InChI=1S/C24H33FN4O4S/c1-14(2)11-20(30)22(31)27-16-3-5-17(6-4-16)29-23(32)19-12-15(25)13-26-21(19)28(24(29)33)18-7-9-34-10-8-18/h12-14,16-18,20,30H,3-11H2,1-2H3,(H,27,31)/t16?,17?,20-/m0/s1. The monoisotopic (exact) mass is 492 g/mol. The van der Waals surface area contributed by atoms with Crippen molar-refractivity contribution in [3.63, 3.8) is 0 Å². The second kappa shape index (κ2) is 10.6. The Labute approximate surface area is 202 Å². The summed E-state index contributed by atoms with van der Waals surface area (Å²) in [5, 5.41) is 13.1. The van der Waals surface area contributed by atoms with E-state index in [0.29, 0.717) is 32.1 Å². The molecule has 10 heteroatoms. The molecule has 2 aromatic heterocycles. The van der Waals surface area contributed by atoms with E-state index < -0.39 is 17.5 Å². The summed E-state index contributed by atoms with van der Waals surface area (Å²) in [6.45, 7) is 3.90. The summed E-state index contributed by atoms with van der Waals surface area (Å²) in [7, 11) is 0. The second-order valence-corrected chi connectivity index (χ2v) is 11.1. The van der Waals surface area contributed by atoms with Gasteiger partial charge in [0.2, 0.25) is 5.91 Å². The van der Waals surface area contributed by atoms with Gasteiger partial charge < -0.3 is 10.4 Å². The van der Waals surface area contributed by atoms with Crippen molar-refractivity contribution < 1.29 is 14.3 Å². The van der Waals surface area contributed by atoms with Gasteiger partial charge in [0.05, 0.1) is 11.6 Å². The van der Waals surface area contributed by atoms with Crippen molar-refractivity contribution in [2.45, 2.75) is 83.0 Å². The quantitative estimate of drug-likeness (QED) is 0.642. The van der Waals surface area contributed by atoms with Crippen LogP contribution in [0.15, 0.2) is 21.9 Å². The van der Waals surface area contributed by atoms with E-state index in [2.05, 4.69) is 10.3 Å². The second-order valence-electron chi connectivity index (χ2n) is 9.86. The number of pyridine rings is 1. The Balaban J connectivity index is 1.59. The zero-order valence-corrected chi connectivity index (χ0v) is 20.5. The van der Waals surface area contributed by atoms with Crippen LogP contribution in [0.3, 0.4) is 0 Å². The highest BCUT2D eigenvalue weighted by molar-refractivity contribution is 7.99. The molecule has 1 amide bonds. The van der Waals surface area contributed by atoms with Crippen LogP contribution in [-0.4, -0.2) is 48.8 Å². The number of hydrogen-bond acceptors (Lipinski definition) is 6. The summed E-state index contributed by atoms with van der Waals surface area (Å²) in [6.07, 6.45) is 4.28. The molecule has 4 rings (SSSR count). The minimum atomic E-state index is -1.04. The molecule has 8 nitrogen and oxygen atoms in total. The molecule has 2 N–H and O–H groups in total. The SMILES string of the molecule is CC(C)C[C@H](O)C(=O)NC1CCC(n2c(=O)c3cc(F)cnc3n(C3CCSCC3)c2=O)CC1. The number of aromatic nitrogens is 3. The number of nitrogens with zero attached hydrogens (tertiary/aromatic N) is 3. The van der Waals surface area contributed by atoms with Gasteiger partial charge in [0.15, 0.2) is 0 Å². The normalized spacial score (nSPS) is 22.7. The lowest BCUT2D eigenvalue weighted by Gasteiger charge is -2.32. The molecule has 2 aliphatic rings. The van der Waals surface area contributed by atoms with E-state index in [4.69, 9.17) is 0 Å². The van der Waals surface area contributed by atoms with Gasteiger partial charge in [-0.1, -0.05) is 13.8 Å². The Morgan fingerprint density at radius 1 is 1.15 bits per heavy atom. The number of carbonyl (C=O) groups excluding carboxylic acids is 1. The number of rotatable bonds is 6. The van der Waals surface area contributed by atoms with Crippen LogP contribution in [-0.2, 0) is 4.79 Å². The van der Waals surface area contributed by atoms with Crippen LogP contribution in [0.2, 0.25) is 0 Å². The van der Waals surface area contributed by atoms with Crippen LogP contribution in [0.4, 0.5) is 4.39 Å². The van der Waals surface area contributed by atoms with Crippen molar-refractivity contribution in [3.05, 3.63) is 38.9 Å². The summed E-state index contributed by atoms with van der Waals surface area (Å²) in [6, 6.07) is 0.666. The van der Waals surface area contributed by atoms with E-state index >= 15 is 0 Å². The lowest BCUT2D eigenvalue weighted by Crippen LogP contribution is -2.47. The summed E-state index contributed by atoms with van der Waals surface area (Å²) in [5.74, 6) is 1.07. The number of carbonyl (C=O) groups is 1. The molecule has 0 bridgehead atoms. The molecule has 1 saturated heterocycles. The van der Waals surface area contributed by atoms with E-state index in [-0.39, 0.29) is 46.7 Å². The fraction of sp³-hybridized carbons (Fsp3) is 0.667. The number of aliphatic hydroxyl groups is 1. The maximum absolute atomic E-state index is 14.0. The number of nitrogens with one attached hydrogen (secondary N) is 1. The maximum atomic E-state index is 14.0. The van der Waals surface area contributed by atoms with Gasteiger partial charge in [-0.25, -0.2) is 14.2 Å². The van der Waals surface area contributed by atoms with Crippen molar-refractivity contribution in [3.8, 4) is 0 Å². The summed E-state index contributed by atoms with van der Waals surface area (Å²) in [4.78, 5) is 43.4. The van der Waals surface area contributed by atoms with E-state index in [0.717, 1.165) is 30.5 Å². The molecular weight excluding hydrogens is 459 g/mol. The Kier molecular flexibility index (Phi) is 7.77. The first-order valence-electron chi connectivity index (χ1n) is 12.1. The number of hydrogen-bond donors (Lipinski definition) is 2. The molecule has 1 aliphatic heterocycles. The molecule has 2 fully saturated rings. The minimum Gasteiger partial charge on any atom is -0.383 e. The van der Waals surface area contributed by atoms with Crippen molar-refractivity contribution in [1.82, 2.24) is 19.4 Å². The Morgan fingerprint density at radius 3 is 2.44 bits per heavy atom. The van der Waals surface area contributed by atoms with Gasteiger partial charge in [-0.05, 0) is 68.4 Å². The average Bonchev–Trinajstić information content (AvgIpc) is 2.81. The zero-order chi connectivity index (χ0) is 24.4. The van der Waals surface area contributed by atoms with E-state index in [1.54, 1.807) is 4.57 Å². The number of thioether (sulfide) groups is 1. The Bertz CT molecular complexity index is 1150. The molecule has 0 radical (unpaired) electrons. The molecule has 0 aromatic carbocycles. The fourth-order valence-electron chi connectivity index (χ4n) is 5.13. The zero-order valence-electron chi connectivity index (χ0n) is 19.7. The Hall–Kier alpha value is -2.20. The molecule has 34 heavy (non-hydrogen) atoms. The molecular formula is C24H33FN4O4S. The smallest absolute Gasteiger partial charge is 0.333 e. The van der Waals surface area contributed by atoms with Crippen molar-refractivity contribution in [2.24, 2.45) is 5.92 Å². The topological polar surface area (TPSA) is 106 Å². The number of halogens is 1. The van der Waals surface area contributed by atoms with Crippen LogP contribution >= 0.6 is 11.8 Å². The summed E-state index contributed by atoms with van der Waals surface area (Å²) >= 11 is 1.84. The number of aliphatic hydroxyl groups excluding tert-OH is 1. The third kappa shape index (κ3) is 5.22. The van der Waals surface area contributed by atoms with Gasteiger partial charge in [0, 0.05) is 18.1 Å². The van der Waals surface area contributed by atoms with E-state index in [1.165, 1.54) is 10.6 Å². The first kappa shape index (κ1) is 24.9. The van der Waals surface area contributed by atoms with Gasteiger partial charge in [-0.3, -0.25) is 18.7 Å². The highest BCUT2D eigenvalue weighted by Crippen LogP contribution is 2.30. The third-order valence-corrected chi connectivity index (χ3v) is 7.93. The molecule has 1 atom stereocenters. The van der Waals surface area contributed by atoms with Crippen LogP contribution in [0.1, 0.15) is 70.9 Å². The average molecular weight is 493 g/mol. The molecule has 1 aliphatic carbocycles. The highest BCUT2D eigenvalue weighted by atomic mass is 32.2. The van der Waals surface area contributed by atoms with Crippen LogP contribution in [0.25, 0.3) is 11.0 Å². The molecule has 0 spiro atoms. The maximum Gasteiger partial charge on any atom is 0.333 e. The third-order valence-electron chi connectivity index (χ3n) is 6.88. The predicted octanol–water partition coefficient (Wildman–Crippen LogP) is 2.77.